The molecule has 4 heteroatoms. The molecule has 1 aliphatic heterocycles. The molecular weight excluding hydrogens is 282 g/mol. The Hall–Kier alpha value is -0.870. The first-order chi connectivity index (χ1) is 10.2. The molecular formula is C17H25NO2S. The zero-order chi connectivity index (χ0) is 14.7. The average molecular weight is 307 g/mol. The second kappa shape index (κ2) is 6.49. The molecule has 0 bridgehead atoms. The molecule has 0 unspecified atom stereocenters. The summed E-state index contributed by atoms with van der Waals surface area (Å²) in [6.07, 6.45) is 9.18. The van der Waals surface area contributed by atoms with Crippen molar-refractivity contribution in [3.8, 4) is 0 Å². The van der Waals surface area contributed by atoms with Gasteiger partial charge in [-0.15, -0.1) is 11.3 Å². The van der Waals surface area contributed by atoms with E-state index in [-0.39, 0.29) is 5.91 Å². The Morgan fingerprint density at radius 3 is 2.81 bits per heavy atom. The molecule has 0 N–H and O–H groups in total. The number of rotatable bonds is 3. The van der Waals surface area contributed by atoms with Crippen LogP contribution in [0.4, 0.5) is 0 Å². The molecule has 1 saturated carbocycles. The number of likely N-dealkylation sites (tertiary alicyclic amines) is 1. The molecule has 1 amide bonds. The van der Waals surface area contributed by atoms with E-state index in [9.17, 15) is 4.79 Å². The summed E-state index contributed by atoms with van der Waals surface area (Å²) < 4.78 is 5.14. The van der Waals surface area contributed by atoms with Crippen LogP contribution in [0, 0.1) is 5.41 Å². The van der Waals surface area contributed by atoms with Crippen LogP contribution in [0.25, 0.3) is 0 Å². The summed E-state index contributed by atoms with van der Waals surface area (Å²) in [6, 6.07) is 2.00. The Morgan fingerprint density at radius 1 is 1.29 bits per heavy atom. The molecule has 116 valence electrons. The number of amides is 1. The lowest BCUT2D eigenvalue weighted by atomic mass is 9.69. The van der Waals surface area contributed by atoms with Crippen molar-refractivity contribution in [2.24, 2.45) is 5.41 Å². The van der Waals surface area contributed by atoms with Gasteiger partial charge >= 0.3 is 0 Å². The molecule has 0 radical (unpaired) electrons. The molecule has 3 nitrogen and oxygen atoms in total. The minimum Gasteiger partial charge on any atom is -0.379 e. The largest absolute Gasteiger partial charge is 0.379 e. The molecule has 1 spiro atoms. The van der Waals surface area contributed by atoms with Crippen LogP contribution in [0.15, 0.2) is 11.4 Å². The predicted molar refractivity (Wildman–Crippen MR) is 85.7 cm³/mol. The van der Waals surface area contributed by atoms with Crippen molar-refractivity contribution in [2.45, 2.75) is 51.6 Å². The minimum atomic E-state index is 0.221. The molecule has 2 fully saturated rings. The maximum Gasteiger partial charge on any atom is 0.254 e. The van der Waals surface area contributed by atoms with E-state index in [0.29, 0.717) is 12.0 Å². The van der Waals surface area contributed by atoms with Gasteiger partial charge in [-0.2, -0.15) is 0 Å². The molecule has 2 heterocycles. The maximum absolute atomic E-state index is 12.7. The van der Waals surface area contributed by atoms with Crippen molar-refractivity contribution in [2.75, 3.05) is 20.2 Å². The lowest BCUT2D eigenvalue weighted by molar-refractivity contribution is 0.0384. The first kappa shape index (κ1) is 15.0. The lowest BCUT2D eigenvalue weighted by Crippen LogP contribution is -2.46. The molecule has 1 aromatic heterocycles. The number of piperidine rings is 1. The monoisotopic (exact) mass is 307 g/mol. The van der Waals surface area contributed by atoms with Gasteiger partial charge in [0.25, 0.3) is 5.91 Å². The quantitative estimate of drug-likeness (QED) is 0.842. The zero-order valence-electron chi connectivity index (χ0n) is 12.9. The van der Waals surface area contributed by atoms with Crippen molar-refractivity contribution in [3.05, 3.63) is 21.9 Å². The number of carbonyl (C=O) groups is 1. The molecule has 21 heavy (non-hydrogen) atoms. The molecule has 2 aliphatic rings. The van der Waals surface area contributed by atoms with Crippen LogP contribution in [0.1, 0.15) is 60.2 Å². The Labute approximate surface area is 131 Å². The number of thiophene rings is 1. The Bertz CT molecular complexity index is 485. The number of methoxy groups -OCH3 is 1. The smallest absolute Gasteiger partial charge is 0.254 e. The van der Waals surface area contributed by atoms with Gasteiger partial charge in [0.2, 0.25) is 0 Å². The fourth-order valence-corrected chi connectivity index (χ4v) is 4.81. The second-order valence-electron chi connectivity index (χ2n) is 6.63. The van der Waals surface area contributed by atoms with E-state index < -0.39 is 0 Å². The van der Waals surface area contributed by atoms with Crippen molar-refractivity contribution in [3.63, 3.8) is 0 Å². The van der Waals surface area contributed by atoms with Gasteiger partial charge in [0.1, 0.15) is 0 Å². The SMILES string of the molecule is COCc1cc(C(=O)N2CCCC3(CCCCC3)C2)cs1. The van der Waals surface area contributed by atoms with Crippen LogP contribution < -0.4 is 0 Å². The molecule has 1 aliphatic carbocycles. The summed E-state index contributed by atoms with van der Waals surface area (Å²) in [5.41, 5.74) is 1.28. The van der Waals surface area contributed by atoms with Crippen molar-refractivity contribution in [1.29, 1.82) is 0 Å². The Balaban J connectivity index is 1.68. The van der Waals surface area contributed by atoms with Crippen LogP contribution in [0.5, 0.6) is 0 Å². The van der Waals surface area contributed by atoms with Crippen molar-refractivity contribution in [1.82, 2.24) is 4.90 Å². The number of ether oxygens (including phenoxy) is 1. The molecule has 1 aromatic rings. The summed E-state index contributed by atoms with van der Waals surface area (Å²) in [6.45, 7) is 2.50. The van der Waals surface area contributed by atoms with Crippen LogP contribution in [-0.4, -0.2) is 31.0 Å². The summed E-state index contributed by atoms with van der Waals surface area (Å²) in [5.74, 6) is 0.221. The number of hydrogen-bond acceptors (Lipinski definition) is 3. The summed E-state index contributed by atoms with van der Waals surface area (Å²) in [5, 5.41) is 1.98. The standard InChI is InChI=1S/C17H25NO2S/c1-20-11-15-10-14(12-21-15)16(19)18-9-5-8-17(13-18)6-3-2-4-7-17/h10,12H,2-9,11,13H2,1H3. The van der Waals surface area contributed by atoms with Gasteiger partial charge in [-0.25, -0.2) is 0 Å². The highest BCUT2D eigenvalue weighted by atomic mass is 32.1. The summed E-state index contributed by atoms with van der Waals surface area (Å²) in [4.78, 5) is 16.0. The van der Waals surface area contributed by atoms with E-state index in [1.807, 2.05) is 11.4 Å². The predicted octanol–water partition coefficient (Wildman–Crippen LogP) is 4.08. The van der Waals surface area contributed by atoms with E-state index in [2.05, 4.69) is 4.90 Å². The Morgan fingerprint density at radius 2 is 2.05 bits per heavy atom. The summed E-state index contributed by atoms with van der Waals surface area (Å²) in [7, 11) is 1.69. The third-order valence-electron chi connectivity index (χ3n) is 5.05. The van der Waals surface area contributed by atoms with Crippen LogP contribution >= 0.6 is 11.3 Å². The third kappa shape index (κ3) is 3.32. The normalized spacial score (nSPS) is 21.7. The topological polar surface area (TPSA) is 29.5 Å². The van der Waals surface area contributed by atoms with Crippen LogP contribution in [-0.2, 0) is 11.3 Å². The molecule has 1 saturated heterocycles. The number of carbonyl (C=O) groups excluding carboxylic acids is 1. The van der Waals surface area contributed by atoms with E-state index in [1.165, 1.54) is 44.9 Å². The third-order valence-corrected chi connectivity index (χ3v) is 5.96. The highest BCUT2D eigenvalue weighted by Gasteiger charge is 2.38. The number of hydrogen-bond donors (Lipinski definition) is 0. The lowest BCUT2D eigenvalue weighted by Gasteiger charge is -2.45. The van der Waals surface area contributed by atoms with Crippen molar-refractivity contribution >= 4 is 17.2 Å². The van der Waals surface area contributed by atoms with Gasteiger partial charge in [-0.05, 0) is 37.2 Å². The maximum atomic E-state index is 12.7. The first-order valence-electron chi connectivity index (χ1n) is 8.08. The van der Waals surface area contributed by atoms with E-state index in [1.54, 1.807) is 18.4 Å². The van der Waals surface area contributed by atoms with Gasteiger partial charge in [0, 0.05) is 30.5 Å². The van der Waals surface area contributed by atoms with E-state index in [4.69, 9.17) is 4.74 Å². The fourth-order valence-electron chi connectivity index (χ4n) is 3.98. The second-order valence-corrected chi connectivity index (χ2v) is 7.62. The van der Waals surface area contributed by atoms with E-state index in [0.717, 1.165) is 23.5 Å². The summed E-state index contributed by atoms with van der Waals surface area (Å²) >= 11 is 1.62. The van der Waals surface area contributed by atoms with Gasteiger partial charge in [0.15, 0.2) is 0 Å². The Kier molecular flexibility index (Phi) is 4.65. The zero-order valence-corrected chi connectivity index (χ0v) is 13.7. The molecule has 3 rings (SSSR count). The average Bonchev–Trinajstić information content (AvgIpc) is 2.96. The van der Waals surface area contributed by atoms with Gasteiger partial charge in [0.05, 0.1) is 12.2 Å². The highest BCUT2D eigenvalue weighted by Crippen LogP contribution is 2.43. The van der Waals surface area contributed by atoms with Crippen molar-refractivity contribution < 1.29 is 9.53 Å². The van der Waals surface area contributed by atoms with E-state index >= 15 is 0 Å². The fraction of sp³-hybridized carbons (Fsp3) is 0.706. The molecule has 0 aromatic carbocycles. The van der Waals surface area contributed by atoms with Gasteiger partial charge < -0.3 is 9.64 Å². The minimum absolute atomic E-state index is 0.221. The van der Waals surface area contributed by atoms with Gasteiger partial charge in [-0.3, -0.25) is 4.79 Å². The van der Waals surface area contributed by atoms with Crippen LogP contribution in [0.2, 0.25) is 0 Å². The molecule has 0 atom stereocenters. The number of nitrogens with zero attached hydrogens (tertiary/aromatic N) is 1. The first-order valence-corrected chi connectivity index (χ1v) is 8.96. The van der Waals surface area contributed by atoms with Crippen LogP contribution in [0.3, 0.4) is 0 Å². The highest BCUT2D eigenvalue weighted by molar-refractivity contribution is 7.10. The van der Waals surface area contributed by atoms with Gasteiger partial charge in [-0.1, -0.05) is 19.3 Å².